The van der Waals surface area contributed by atoms with Crippen LogP contribution in [0.2, 0.25) is 0 Å². The van der Waals surface area contributed by atoms with Crippen LogP contribution < -0.4 is 5.32 Å². The molecule has 0 aliphatic rings. The van der Waals surface area contributed by atoms with E-state index >= 15 is 0 Å². The summed E-state index contributed by atoms with van der Waals surface area (Å²) in [6, 6.07) is 0.845. The van der Waals surface area contributed by atoms with E-state index in [0.717, 1.165) is 17.4 Å². The van der Waals surface area contributed by atoms with Crippen molar-refractivity contribution in [2.24, 2.45) is 0 Å². The molecule has 0 aliphatic heterocycles. The number of hydrogen-bond acceptors (Lipinski definition) is 3. The van der Waals surface area contributed by atoms with Crippen molar-refractivity contribution in [3.8, 4) is 0 Å². The number of hydrogen-bond donors (Lipinski definition) is 2. The van der Waals surface area contributed by atoms with Crippen molar-refractivity contribution in [3.05, 3.63) is 33.4 Å². The highest BCUT2D eigenvalue weighted by atomic mass is 127. The first-order chi connectivity index (χ1) is 9.76. The van der Waals surface area contributed by atoms with Gasteiger partial charge in [0.2, 0.25) is 6.04 Å². The molecule has 1 amide bonds. The van der Waals surface area contributed by atoms with E-state index in [0.29, 0.717) is 3.57 Å². The van der Waals surface area contributed by atoms with Gasteiger partial charge in [0, 0.05) is 9.13 Å². The van der Waals surface area contributed by atoms with Crippen molar-refractivity contribution in [1.82, 2.24) is 5.32 Å². The monoisotopic (exact) mass is 459 g/mol. The fraction of sp³-hybridized carbons (Fsp3) is 0.300. The van der Waals surface area contributed by atoms with Crippen LogP contribution in [-0.4, -0.2) is 36.4 Å². The number of amides is 1. The zero-order valence-corrected chi connectivity index (χ0v) is 13.2. The van der Waals surface area contributed by atoms with Gasteiger partial charge in [-0.3, -0.25) is 9.35 Å². The summed E-state index contributed by atoms with van der Waals surface area (Å²) in [4.78, 5) is 11.6. The molecule has 0 spiro atoms. The molecular weight excluding hydrogens is 452 g/mol. The zero-order valence-electron chi connectivity index (χ0n) is 10.2. The number of alkyl halides is 5. The largest absolute Gasteiger partial charge is 0.415 e. The van der Waals surface area contributed by atoms with Crippen molar-refractivity contribution in [1.29, 1.82) is 0 Å². The minimum Gasteiger partial charge on any atom is -0.334 e. The van der Waals surface area contributed by atoms with Gasteiger partial charge in [0.05, 0.1) is 0 Å². The van der Waals surface area contributed by atoms with E-state index in [-0.39, 0.29) is 5.56 Å². The van der Waals surface area contributed by atoms with Gasteiger partial charge >= 0.3 is 21.5 Å². The molecule has 0 saturated heterocycles. The highest BCUT2D eigenvalue weighted by molar-refractivity contribution is 14.1. The van der Waals surface area contributed by atoms with Crippen LogP contribution in [0.5, 0.6) is 0 Å². The second-order valence-electron chi connectivity index (χ2n) is 4.00. The van der Waals surface area contributed by atoms with Crippen LogP contribution in [-0.2, 0) is 10.1 Å². The maximum atomic E-state index is 13.3. The molecule has 12 heteroatoms. The highest BCUT2D eigenvalue weighted by Gasteiger charge is 2.64. The fourth-order valence-electron chi connectivity index (χ4n) is 1.35. The highest BCUT2D eigenvalue weighted by Crippen LogP contribution is 2.35. The van der Waals surface area contributed by atoms with Crippen molar-refractivity contribution >= 4 is 38.6 Å². The predicted molar refractivity (Wildman–Crippen MR) is 73.0 cm³/mol. The molecule has 1 aromatic rings. The van der Waals surface area contributed by atoms with E-state index < -0.39 is 33.5 Å². The predicted octanol–water partition coefficient (Wildman–Crippen LogP) is 2.43. The fourth-order valence-corrected chi connectivity index (χ4v) is 2.38. The normalized spacial score (nSPS) is 14.5. The molecular formula is C10H7F5INO4S. The van der Waals surface area contributed by atoms with Crippen LogP contribution in [0.25, 0.3) is 0 Å². The first kappa shape index (κ1) is 19.0. The summed E-state index contributed by atoms with van der Waals surface area (Å²) >= 11 is 1.73. The average Bonchev–Trinajstić information content (AvgIpc) is 2.32. The van der Waals surface area contributed by atoms with Gasteiger partial charge in [0.1, 0.15) is 0 Å². The molecule has 0 aliphatic carbocycles. The third-order valence-corrected chi connectivity index (χ3v) is 3.96. The van der Waals surface area contributed by atoms with Gasteiger partial charge in [-0.25, -0.2) is 0 Å². The summed E-state index contributed by atoms with van der Waals surface area (Å²) in [7, 11) is -6.39. The quantitative estimate of drug-likeness (QED) is 0.412. The Labute approximate surface area is 134 Å². The summed E-state index contributed by atoms with van der Waals surface area (Å²) in [6.07, 6.45) is -5.81. The van der Waals surface area contributed by atoms with Crippen LogP contribution >= 0.6 is 22.6 Å². The van der Waals surface area contributed by atoms with E-state index in [1.54, 1.807) is 22.6 Å². The summed E-state index contributed by atoms with van der Waals surface area (Å²) < 4.78 is 94.1. The number of carbonyl (C=O) groups is 1. The van der Waals surface area contributed by atoms with E-state index in [4.69, 9.17) is 4.55 Å². The molecule has 1 rings (SSSR count). The van der Waals surface area contributed by atoms with E-state index in [1.807, 2.05) is 0 Å². The Hall–Kier alpha value is -1.02. The molecule has 0 bridgehead atoms. The minimum atomic E-state index is -6.39. The second kappa shape index (κ2) is 6.23. The molecule has 5 nitrogen and oxygen atoms in total. The minimum absolute atomic E-state index is 0.382. The SMILES string of the molecule is O=C(NC(C(F)(F)F)C(F)(F)S(=O)(=O)O)c1cccc(I)c1. The zero-order chi connectivity index (χ0) is 17.3. The Morgan fingerprint density at radius 3 is 2.18 bits per heavy atom. The lowest BCUT2D eigenvalue weighted by molar-refractivity contribution is -0.191. The van der Waals surface area contributed by atoms with Gasteiger partial charge in [0.25, 0.3) is 5.91 Å². The van der Waals surface area contributed by atoms with Crippen LogP contribution in [0.15, 0.2) is 24.3 Å². The smallest absolute Gasteiger partial charge is 0.334 e. The van der Waals surface area contributed by atoms with Crippen molar-refractivity contribution in [3.63, 3.8) is 0 Å². The van der Waals surface area contributed by atoms with E-state index in [9.17, 15) is 35.2 Å². The number of rotatable bonds is 4. The summed E-state index contributed by atoms with van der Waals surface area (Å²) in [5.74, 6) is -1.57. The molecule has 2 N–H and O–H groups in total. The molecule has 0 saturated carbocycles. The van der Waals surface area contributed by atoms with Crippen LogP contribution in [0.1, 0.15) is 10.4 Å². The topological polar surface area (TPSA) is 83.5 Å². The maximum Gasteiger partial charge on any atom is 0.415 e. The molecule has 124 valence electrons. The molecule has 1 atom stereocenters. The third-order valence-electron chi connectivity index (χ3n) is 2.37. The van der Waals surface area contributed by atoms with Crippen molar-refractivity contribution < 1.29 is 39.7 Å². The number of halogens is 6. The van der Waals surface area contributed by atoms with Gasteiger partial charge in [-0.1, -0.05) is 6.07 Å². The lowest BCUT2D eigenvalue weighted by Crippen LogP contribution is -2.59. The Morgan fingerprint density at radius 2 is 1.77 bits per heavy atom. The maximum absolute atomic E-state index is 13.3. The van der Waals surface area contributed by atoms with Gasteiger partial charge in [-0.15, -0.1) is 0 Å². The Bertz CT molecular complexity index is 676. The number of carbonyl (C=O) groups excluding carboxylic acids is 1. The standard InChI is InChI=1S/C10H7F5INO4S/c11-9(12,13)8(10(14,15)22(19,20)21)17-7(18)5-2-1-3-6(16)4-5/h1-4,8H,(H,17,18)(H,19,20,21). The molecule has 1 unspecified atom stereocenters. The Balaban J connectivity index is 3.19. The van der Waals surface area contributed by atoms with Gasteiger partial charge < -0.3 is 5.32 Å². The molecule has 1 aromatic carbocycles. The van der Waals surface area contributed by atoms with Gasteiger partial charge in [-0.2, -0.15) is 30.4 Å². The van der Waals surface area contributed by atoms with Crippen molar-refractivity contribution in [2.75, 3.05) is 0 Å². The molecule has 0 aromatic heterocycles. The van der Waals surface area contributed by atoms with Crippen molar-refractivity contribution in [2.45, 2.75) is 17.5 Å². The lowest BCUT2D eigenvalue weighted by Gasteiger charge is -2.27. The molecule has 0 radical (unpaired) electrons. The second-order valence-corrected chi connectivity index (χ2v) is 6.74. The van der Waals surface area contributed by atoms with Crippen LogP contribution in [0, 0.1) is 3.57 Å². The molecule has 0 fully saturated rings. The molecule has 0 heterocycles. The van der Waals surface area contributed by atoms with Gasteiger partial charge in [-0.05, 0) is 40.8 Å². The molecule has 22 heavy (non-hydrogen) atoms. The third kappa shape index (κ3) is 4.25. The summed E-state index contributed by atoms with van der Waals surface area (Å²) in [5, 5.41) is -4.75. The number of benzene rings is 1. The van der Waals surface area contributed by atoms with Crippen LogP contribution in [0.3, 0.4) is 0 Å². The van der Waals surface area contributed by atoms with Gasteiger partial charge in [0.15, 0.2) is 0 Å². The number of nitrogens with one attached hydrogen (secondary N) is 1. The summed E-state index contributed by atoms with van der Waals surface area (Å²) in [6.45, 7) is 0. The van der Waals surface area contributed by atoms with E-state index in [2.05, 4.69) is 0 Å². The Morgan fingerprint density at radius 1 is 1.23 bits per heavy atom. The van der Waals surface area contributed by atoms with E-state index in [1.165, 1.54) is 12.1 Å². The first-order valence-electron chi connectivity index (χ1n) is 5.25. The van der Waals surface area contributed by atoms with Crippen LogP contribution in [0.4, 0.5) is 22.0 Å². The lowest BCUT2D eigenvalue weighted by atomic mass is 10.2. The Kier molecular flexibility index (Phi) is 5.39. The summed E-state index contributed by atoms with van der Waals surface area (Å²) in [5.41, 5.74) is -0.382. The average molecular weight is 459 g/mol. The first-order valence-corrected chi connectivity index (χ1v) is 7.76.